The molecule has 2 heterocycles. The van der Waals surface area contributed by atoms with Crippen LogP contribution in [0.2, 0.25) is 0 Å². The molecule has 0 saturated carbocycles. The monoisotopic (exact) mass is 446 g/mol. The summed E-state index contributed by atoms with van der Waals surface area (Å²) in [5.74, 6) is 0.0494. The minimum atomic E-state index is -0.700. The van der Waals surface area contributed by atoms with Gasteiger partial charge >= 0.3 is 0 Å². The fourth-order valence-electron chi connectivity index (χ4n) is 3.83. The summed E-state index contributed by atoms with van der Waals surface area (Å²) < 4.78 is 7.54. The number of ether oxygens (including phenoxy) is 1. The molecule has 0 aliphatic heterocycles. The van der Waals surface area contributed by atoms with Crippen LogP contribution in [0.15, 0.2) is 109 Å². The van der Waals surface area contributed by atoms with Crippen molar-refractivity contribution in [2.24, 2.45) is 0 Å². The molecule has 0 radical (unpaired) electrons. The number of aromatic nitrogens is 1. The van der Waals surface area contributed by atoms with Crippen molar-refractivity contribution in [3.63, 3.8) is 0 Å². The Morgan fingerprint density at radius 2 is 1.44 bits per heavy atom. The van der Waals surface area contributed by atoms with Gasteiger partial charge in [-0.1, -0.05) is 54.1 Å². The van der Waals surface area contributed by atoms with Crippen LogP contribution in [-0.2, 0) is 4.79 Å². The summed E-state index contributed by atoms with van der Waals surface area (Å²) in [6.45, 7) is 2.01. The number of carbonyl (C=O) groups excluding carboxylic acids is 2. The maximum atomic E-state index is 13.3. The molecule has 3 aromatic carbocycles. The first kappa shape index (κ1) is 21.2. The minimum Gasteiger partial charge on any atom is -0.457 e. The Morgan fingerprint density at radius 1 is 0.765 bits per heavy atom. The van der Waals surface area contributed by atoms with Crippen molar-refractivity contribution in [1.29, 1.82) is 0 Å². The van der Waals surface area contributed by atoms with Crippen LogP contribution >= 0.6 is 0 Å². The van der Waals surface area contributed by atoms with Gasteiger partial charge in [-0.3, -0.25) is 9.59 Å². The zero-order valence-corrected chi connectivity index (χ0v) is 18.6. The first-order chi connectivity index (χ1) is 16.6. The number of rotatable bonds is 6. The normalized spacial score (nSPS) is 10.7. The molecular formula is C29H22N2O3. The number of ketones is 1. The third-order valence-corrected chi connectivity index (χ3v) is 5.55. The summed E-state index contributed by atoms with van der Waals surface area (Å²) >= 11 is 0. The van der Waals surface area contributed by atoms with E-state index in [1.807, 2.05) is 85.8 Å². The Morgan fingerprint density at radius 3 is 2.18 bits per heavy atom. The molecule has 0 unspecified atom stereocenters. The Hall–Kier alpha value is -4.64. The largest absolute Gasteiger partial charge is 0.457 e. The number of carbonyl (C=O) groups is 2. The second-order valence-corrected chi connectivity index (χ2v) is 7.99. The Labute approximate surface area is 197 Å². The van der Waals surface area contributed by atoms with Crippen LogP contribution in [0.1, 0.15) is 16.1 Å². The Bertz CT molecular complexity index is 1470. The van der Waals surface area contributed by atoms with E-state index in [4.69, 9.17) is 4.74 Å². The highest BCUT2D eigenvalue weighted by Crippen LogP contribution is 2.29. The van der Waals surface area contributed by atoms with Gasteiger partial charge in [0.15, 0.2) is 0 Å². The zero-order valence-electron chi connectivity index (χ0n) is 18.6. The predicted octanol–water partition coefficient (Wildman–Crippen LogP) is 6.53. The number of nitrogens with zero attached hydrogens (tertiary/aromatic N) is 1. The SMILES string of the molecule is Cc1ccc(-c2cc3ccccn3c2C(=O)C(=O)Nc2ccc(Oc3ccccc3)cc2)cc1. The van der Waals surface area contributed by atoms with E-state index in [9.17, 15) is 9.59 Å². The van der Waals surface area contributed by atoms with Crippen LogP contribution in [0.4, 0.5) is 5.69 Å². The van der Waals surface area contributed by atoms with Gasteiger partial charge in [-0.05, 0) is 67.1 Å². The van der Waals surface area contributed by atoms with Gasteiger partial charge in [0, 0.05) is 23.0 Å². The average Bonchev–Trinajstić information content (AvgIpc) is 3.25. The van der Waals surface area contributed by atoms with Crippen molar-refractivity contribution in [3.05, 3.63) is 121 Å². The minimum absolute atomic E-state index is 0.334. The summed E-state index contributed by atoms with van der Waals surface area (Å²) in [7, 11) is 0. The molecule has 166 valence electrons. The van der Waals surface area contributed by atoms with Gasteiger partial charge in [-0.2, -0.15) is 0 Å². The molecule has 34 heavy (non-hydrogen) atoms. The summed E-state index contributed by atoms with van der Waals surface area (Å²) in [4.78, 5) is 26.3. The number of amides is 1. The summed E-state index contributed by atoms with van der Waals surface area (Å²) in [5, 5.41) is 2.72. The molecule has 5 rings (SSSR count). The Kier molecular flexibility index (Phi) is 5.67. The van der Waals surface area contributed by atoms with Crippen LogP contribution in [0.25, 0.3) is 16.6 Å². The van der Waals surface area contributed by atoms with E-state index in [2.05, 4.69) is 5.32 Å². The molecule has 5 nitrogen and oxygen atoms in total. The van der Waals surface area contributed by atoms with Crippen LogP contribution in [0.5, 0.6) is 11.5 Å². The van der Waals surface area contributed by atoms with Crippen molar-refractivity contribution in [2.45, 2.75) is 6.92 Å². The van der Waals surface area contributed by atoms with Gasteiger partial charge in [0.25, 0.3) is 11.7 Å². The highest BCUT2D eigenvalue weighted by atomic mass is 16.5. The van der Waals surface area contributed by atoms with Gasteiger partial charge in [0.2, 0.25) is 0 Å². The molecular weight excluding hydrogens is 424 g/mol. The van der Waals surface area contributed by atoms with Crippen LogP contribution in [0, 0.1) is 6.92 Å². The maximum Gasteiger partial charge on any atom is 0.298 e. The van der Waals surface area contributed by atoms with E-state index in [1.165, 1.54) is 0 Å². The number of hydrogen-bond donors (Lipinski definition) is 1. The number of fused-ring (bicyclic) bond motifs is 1. The molecule has 0 bridgehead atoms. The van der Waals surface area contributed by atoms with E-state index in [0.717, 1.165) is 28.0 Å². The lowest BCUT2D eigenvalue weighted by molar-refractivity contribution is -0.112. The number of hydrogen-bond acceptors (Lipinski definition) is 3. The number of anilines is 1. The molecule has 5 aromatic rings. The van der Waals surface area contributed by atoms with Crippen molar-refractivity contribution in [2.75, 3.05) is 5.32 Å². The molecule has 0 spiro atoms. The number of nitrogens with one attached hydrogen (secondary N) is 1. The van der Waals surface area contributed by atoms with Crippen molar-refractivity contribution in [3.8, 4) is 22.6 Å². The lowest BCUT2D eigenvalue weighted by atomic mass is 10.0. The summed E-state index contributed by atoms with van der Waals surface area (Å²) in [5.41, 5.74) is 4.41. The van der Waals surface area contributed by atoms with E-state index in [0.29, 0.717) is 17.1 Å². The first-order valence-corrected chi connectivity index (χ1v) is 10.9. The van der Waals surface area contributed by atoms with Crippen molar-refractivity contribution < 1.29 is 14.3 Å². The van der Waals surface area contributed by atoms with Crippen molar-refractivity contribution >= 4 is 22.9 Å². The molecule has 5 heteroatoms. The van der Waals surface area contributed by atoms with E-state index in [1.54, 1.807) is 34.9 Å². The van der Waals surface area contributed by atoms with Gasteiger partial charge in [0.05, 0.1) is 0 Å². The molecule has 0 aliphatic rings. The standard InChI is InChI=1S/C29H22N2O3/c1-20-10-12-21(13-11-20)26-19-23-7-5-6-18-31(23)27(26)28(32)29(33)30-22-14-16-25(17-15-22)34-24-8-3-2-4-9-24/h2-19H,1H3,(H,30,33). The van der Waals surface area contributed by atoms with Gasteiger partial charge in [0.1, 0.15) is 17.2 Å². The van der Waals surface area contributed by atoms with Gasteiger partial charge < -0.3 is 14.5 Å². The van der Waals surface area contributed by atoms with Crippen molar-refractivity contribution in [1.82, 2.24) is 4.40 Å². The smallest absolute Gasteiger partial charge is 0.298 e. The second kappa shape index (κ2) is 9.08. The third kappa shape index (κ3) is 4.32. The van der Waals surface area contributed by atoms with Crippen LogP contribution in [-0.4, -0.2) is 16.1 Å². The molecule has 0 aliphatic carbocycles. The van der Waals surface area contributed by atoms with Crippen LogP contribution in [0.3, 0.4) is 0 Å². The third-order valence-electron chi connectivity index (χ3n) is 5.55. The second-order valence-electron chi connectivity index (χ2n) is 7.99. The average molecular weight is 447 g/mol. The Balaban J connectivity index is 1.40. The highest BCUT2D eigenvalue weighted by Gasteiger charge is 2.24. The number of benzene rings is 3. The van der Waals surface area contributed by atoms with E-state index < -0.39 is 11.7 Å². The first-order valence-electron chi connectivity index (χ1n) is 10.9. The number of para-hydroxylation sites is 1. The number of Topliss-reactive ketones (excluding diaryl/α,β-unsaturated/α-hetero) is 1. The lowest BCUT2D eigenvalue weighted by Crippen LogP contribution is -2.24. The zero-order chi connectivity index (χ0) is 23.5. The molecule has 0 saturated heterocycles. The molecule has 0 atom stereocenters. The molecule has 1 N–H and O–H groups in total. The molecule has 1 amide bonds. The van der Waals surface area contributed by atoms with Gasteiger partial charge in [-0.25, -0.2) is 0 Å². The van der Waals surface area contributed by atoms with E-state index >= 15 is 0 Å². The fraction of sp³-hybridized carbons (Fsp3) is 0.0345. The summed E-state index contributed by atoms with van der Waals surface area (Å²) in [6.07, 6.45) is 1.79. The van der Waals surface area contributed by atoms with E-state index in [-0.39, 0.29) is 0 Å². The van der Waals surface area contributed by atoms with Crippen LogP contribution < -0.4 is 10.1 Å². The lowest BCUT2D eigenvalue weighted by Gasteiger charge is -2.09. The predicted molar refractivity (Wildman–Crippen MR) is 133 cm³/mol. The highest BCUT2D eigenvalue weighted by molar-refractivity contribution is 6.47. The quantitative estimate of drug-likeness (QED) is 0.238. The molecule has 0 fully saturated rings. The summed E-state index contributed by atoms with van der Waals surface area (Å²) in [6, 6.07) is 31.8. The topological polar surface area (TPSA) is 59.8 Å². The maximum absolute atomic E-state index is 13.3. The number of aryl methyl sites for hydroxylation is 1. The molecule has 2 aromatic heterocycles. The number of pyridine rings is 1. The van der Waals surface area contributed by atoms with Gasteiger partial charge in [-0.15, -0.1) is 0 Å². The fourth-order valence-corrected chi connectivity index (χ4v) is 3.83.